The van der Waals surface area contributed by atoms with Crippen LogP contribution in [0, 0.1) is 6.92 Å². The number of unbranched alkanes of at least 4 members (excludes halogenated alkanes) is 2. The molecular weight excluding hydrogens is 765 g/mol. The molecule has 2 aromatic rings. The Balaban J connectivity index is 1.74. The molecule has 4 rings (SSSR count). The zero-order chi connectivity index (χ0) is 43.2. The van der Waals surface area contributed by atoms with Crippen LogP contribution >= 0.6 is 0 Å². The first-order valence-corrected chi connectivity index (χ1v) is 23.1. The van der Waals surface area contributed by atoms with Crippen LogP contribution in [0.2, 0.25) is 0 Å². The van der Waals surface area contributed by atoms with Crippen molar-refractivity contribution in [1.82, 2.24) is 0 Å². The molecule has 10 nitrogen and oxygen atoms in total. The fourth-order valence-electron chi connectivity index (χ4n) is 8.48. The lowest BCUT2D eigenvalue weighted by molar-refractivity contribution is -0.443. The molecule has 0 aliphatic carbocycles. The molecule has 2 aromatic carbocycles. The van der Waals surface area contributed by atoms with Crippen LogP contribution in [0.3, 0.4) is 0 Å². The van der Waals surface area contributed by atoms with Crippen molar-refractivity contribution in [1.29, 1.82) is 0 Å². The standard InChI is InChI=1S/C48H70N2O8S/c1-11-54-37(7)22-18-17-21-31-48(10)40-35-38(59(51,52)53)26-28-42(40)50(33-30-46(57-14-4)58-15-5)44(48)24-20-16-19-23-43-47(8,9)39-34-36(6)25-27-41(39)49(43)32-29-45(55-12-2)56-13-3/h16,19-20,23-28,34-35,45-46H,7,11-15,17-18,21-22,29-33H2,1-6,8-10H3/p+1. The molecule has 0 fully saturated rings. The minimum absolute atomic E-state index is 0.109. The second-order valence-electron chi connectivity index (χ2n) is 15.9. The topological polar surface area (TPSA) is 107 Å². The lowest BCUT2D eigenvalue weighted by atomic mass is 9.77. The summed E-state index contributed by atoms with van der Waals surface area (Å²) in [7, 11) is -4.42. The number of aryl methyl sites for hydroxylation is 1. The molecule has 0 saturated carbocycles. The zero-order valence-corrected chi connectivity index (χ0v) is 38.0. The maximum atomic E-state index is 12.5. The average Bonchev–Trinajstić information content (AvgIpc) is 3.54. The van der Waals surface area contributed by atoms with E-state index < -0.39 is 15.5 Å². The molecule has 1 atom stereocenters. The monoisotopic (exact) mass is 835 g/mol. The highest BCUT2D eigenvalue weighted by Crippen LogP contribution is 2.51. The molecule has 0 amide bonds. The molecule has 0 bridgehead atoms. The minimum atomic E-state index is -4.42. The second-order valence-corrected chi connectivity index (χ2v) is 17.3. The SMILES string of the molecule is C=C(CCCCCC1(C)/C(=C/C=C/C=C/C2=[N+](CCC(OCC)OCC)c3ccc(C)cc3C2(C)C)N(CCC(OCC)OCC)c2ccc(S(=O)(=O)O)cc21)OCC. The van der Waals surface area contributed by atoms with E-state index in [2.05, 4.69) is 92.3 Å². The quantitative estimate of drug-likeness (QED) is 0.0248. The van der Waals surface area contributed by atoms with Crippen LogP contribution in [0.1, 0.15) is 117 Å². The minimum Gasteiger partial charge on any atom is -0.499 e. The molecule has 326 valence electrons. The largest absolute Gasteiger partial charge is 0.499 e. The Hall–Kier alpha value is -3.58. The average molecular weight is 836 g/mol. The fraction of sp³-hybridized carbons (Fsp3) is 0.562. The van der Waals surface area contributed by atoms with Crippen LogP contribution in [-0.2, 0) is 44.6 Å². The van der Waals surface area contributed by atoms with Gasteiger partial charge in [-0.3, -0.25) is 4.55 Å². The second kappa shape index (κ2) is 22.3. The Morgan fingerprint density at radius 1 is 0.831 bits per heavy atom. The van der Waals surface area contributed by atoms with E-state index in [0.29, 0.717) is 46.0 Å². The molecule has 2 aliphatic rings. The van der Waals surface area contributed by atoms with Crippen molar-refractivity contribution in [2.24, 2.45) is 0 Å². The number of rotatable bonds is 26. The molecule has 0 aromatic heterocycles. The molecule has 0 saturated heterocycles. The highest BCUT2D eigenvalue weighted by molar-refractivity contribution is 7.85. The van der Waals surface area contributed by atoms with Crippen LogP contribution in [0.15, 0.2) is 89.7 Å². The third-order valence-corrected chi connectivity index (χ3v) is 12.2. The normalized spacial score (nSPS) is 18.4. The van der Waals surface area contributed by atoms with Gasteiger partial charge in [0, 0.05) is 80.3 Å². The first kappa shape index (κ1) is 48.1. The summed E-state index contributed by atoms with van der Waals surface area (Å²) in [6, 6.07) is 11.6. The zero-order valence-electron chi connectivity index (χ0n) is 37.2. The summed E-state index contributed by atoms with van der Waals surface area (Å²) in [4.78, 5) is 2.16. The van der Waals surface area contributed by atoms with Gasteiger partial charge >= 0.3 is 0 Å². The maximum absolute atomic E-state index is 12.5. The van der Waals surface area contributed by atoms with Gasteiger partial charge in [0.05, 0.1) is 29.1 Å². The van der Waals surface area contributed by atoms with Crippen molar-refractivity contribution in [3.63, 3.8) is 0 Å². The number of hydrogen-bond acceptors (Lipinski definition) is 8. The van der Waals surface area contributed by atoms with E-state index in [4.69, 9.17) is 23.7 Å². The molecule has 0 spiro atoms. The van der Waals surface area contributed by atoms with Gasteiger partial charge < -0.3 is 28.6 Å². The van der Waals surface area contributed by atoms with Crippen molar-refractivity contribution in [2.75, 3.05) is 51.0 Å². The molecule has 11 heteroatoms. The Morgan fingerprint density at radius 2 is 1.49 bits per heavy atom. The van der Waals surface area contributed by atoms with Gasteiger partial charge in [0.1, 0.15) is 0 Å². The van der Waals surface area contributed by atoms with E-state index in [1.54, 1.807) is 6.07 Å². The van der Waals surface area contributed by atoms with E-state index >= 15 is 0 Å². The summed E-state index contributed by atoms with van der Waals surface area (Å²) >= 11 is 0. The van der Waals surface area contributed by atoms with Crippen LogP contribution in [0.25, 0.3) is 0 Å². The first-order chi connectivity index (χ1) is 28.2. The van der Waals surface area contributed by atoms with Crippen molar-refractivity contribution in [3.8, 4) is 0 Å². The third kappa shape index (κ3) is 12.3. The van der Waals surface area contributed by atoms with E-state index in [-0.39, 0.29) is 22.9 Å². The third-order valence-electron chi connectivity index (χ3n) is 11.4. The van der Waals surface area contributed by atoms with Crippen LogP contribution in [0.4, 0.5) is 11.4 Å². The van der Waals surface area contributed by atoms with Crippen molar-refractivity contribution >= 4 is 27.2 Å². The van der Waals surface area contributed by atoms with Crippen molar-refractivity contribution in [3.05, 3.63) is 102 Å². The van der Waals surface area contributed by atoms with Crippen LogP contribution < -0.4 is 4.90 Å². The number of ether oxygens (including phenoxy) is 5. The lowest BCUT2D eigenvalue weighted by Crippen LogP contribution is -2.32. The Labute approximate surface area is 355 Å². The Bertz CT molecular complexity index is 1940. The molecule has 0 radical (unpaired) electrons. The number of benzene rings is 2. The van der Waals surface area contributed by atoms with Gasteiger partial charge in [-0.05, 0) is 111 Å². The molecule has 1 N–H and O–H groups in total. The highest BCUT2D eigenvalue weighted by atomic mass is 32.2. The van der Waals surface area contributed by atoms with E-state index in [1.165, 1.54) is 28.6 Å². The van der Waals surface area contributed by atoms with E-state index in [1.807, 2.05) is 40.7 Å². The highest BCUT2D eigenvalue weighted by Gasteiger charge is 2.45. The van der Waals surface area contributed by atoms with E-state index in [9.17, 15) is 13.0 Å². The van der Waals surface area contributed by atoms with Crippen LogP contribution in [-0.4, -0.2) is 82.0 Å². The van der Waals surface area contributed by atoms with Gasteiger partial charge in [-0.25, -0.2) is 0 Å². The number of hydrogen-bond donors (Lipinski definition) is 1. The van der Waals surface area contributed by atoms with Gasteiger partial charge in [0.15, 0.2) is 24.8 Å². The van der Waals surface area contributed by atoms with Gasteiger partial charge in [0.2, 0.25) is 5.69 Å². The first-order valence-electron chi connectivity index (χ1n) is 21.6. The molecular formula is C48H71N2O8S+. The smallest absolute Gasteiger partial charge is 0.294 e. The summed E-state index contributed by atoms with van der Waals surface area (Å²) in [5, 5.41) is 0. The summed E-state index contributed by atoms with van der Waals surface area (Å²) in [5.74, 6) is 0.798. The number of nitrogens with zero attached hydrogens (tertiary/aromatic N) is 2. The molecule has 2 heterocycles. The van der Waals surface area contributed by atoms with Gasteiger partial charge in [-0.2, -0.15) is 13.0 Å². The predicted octanol–water partition coefficient (Wildman–Crippen LogP) is 10.5. The molecule has 1 unspecified atom stereocenters. The van der Waals surface area contributed by atoms with E-state index in [0.717, 1.165) is 67.8 Å². The lowest BCUT2D eigenvalue weighted by Gasteiger charge is -2.31. The summed E-state index contributed by atoms with van der Waals surface area (Å²) in [5.41, 5.74) is 6.99. The van der Waals surface area contributed by atoms with Crippen molar-refractivity contribution in [2.45, 2.75) is 136 Å². The predicted molar refractivity (Wildman–Crippen MR) is 238 cm³/mol. The van der Waals surface area contributed by atoms with Gasteiger partial charge in [0.25, 0.3) is 10.1 Å². The number of anilines is 1. The van der Waals surface area contributed by atoms with Crippen molar-refractivity contribution < 1.29 is 41.2 Å². The Morgan fingerprint density at radius 3 is 2.12 bits per heavy atom. The summed E-state index contributed by atoms with van der Waals surface area (Å²) in [6.45, 7) is 27.0. The maximum Gasteiger partial charge on any atom is 0.294 e. The number of fused-ring (bicyclic) bond motifs is 2. The van der Waals surface area contributed by atoms with Crippen LogP contribution in [0.5, 0.6) is 0 Å². The Kier molecular flexibility index (Phi) is 18.2. The van der Waals surface area contributed by atoms with Gasteiger partial charge in [-0.1, -0.05) is 49.3 Å². The summed E-state index contributed by atoms with van der Waals surface area (Å²) < 4.78 is 66.8. The summed E-state index contributed by atoms with van der Waals surface area (Å²) in [6.07, 6.45) is 15.7. The van der Waals surface area contributed by atoms with Gasteiger partial charge in [-0.15, -0.1) is 0 Å². The number of allylic oxidation sites excluding steroid dienone is 7. The fourth-order valence-corrected chi connectivity index (χ4v) is 8.99. The molecule has 2 aliphatic heterocycles. The molecule has 59 heavy (non-hydrogen) atoms.